The van der Waals surface area contributed by atoms with Gasteiger partial charge < -0.3 is 14.9 Å². The molecule has 1 aliphatic rings. The lowest BCUT2D eigenvalue weighted by molar-refractivity contribution is -0.385. The van der Waals surface area contributed by atoms with Gasteiger partial charge in [0.2, 0.25) is 0 Å². The largest absolute Gasteiger partial charge is 0.465 e. The van der Waals surface area contributed by atoms with Crippen LogP contribution in [0.5, 0.6) is 0 Å². The molecule has 0 spiro atoms. The van der Waals surface area contributed by atoms with Crippen LogP contribution in [0.25, 0.3) is 0 Å². The van der Waals surface area contributed by atoms with Gasteiger partial charge in [0.1, 0.15) is 12.0 Å². The van der Waals surface area contributed by atoms with Gasteiger partial charge in [-0.15, -0.1) is 0 Å². The molecule has 1 fully saturated rings. The van der Waals surface area contributed by atoms with E-state index < -0.39 is 11.0 Å². The number of hydrogen-bond acceptors (Lipinski definition) is 5. The molecule has 0 saturated carbocycles. The third-order valence-electron chi connectivity index (χ3n) is 3.28. The topological polar surface area (TPSA) is 99.8 Å². The van der Waals surface area contributed by atoms with Gasteiger partial charge in [0.05, 0.1) is 11.0 Å². The molecule has 102 valence electrons. The maximum Gasteiger partial charge on any atom is 0.407 e. The SMILES string of the molecule is CN(C(=O)O)C1CCN(c2ccc([N+](=O)[O-])cn2)C1. The first-order valence-electron chi connectivity index (χ1n) is 5.80. The molecule has 1 amide bonds. The summed E-state index contributed by atoms with van der Waals surface area (Å²) in [4.78, 5) is 28.1. The van der Waals surface area contributed by atoms with Crippen molar-refractivity contribution in [1.82, 2.24) is 9.88 Å². The molecular formula is C11H14N4O4. The second-order valence-corrected chi connectivity index (χ2v) is 4.41. The van der Waals surface area contributed by atoms with E-state index in [0.29, 0.717) is 18.9 Å². The molecule has 19 heavy (non-hydrogen) atoms. The van der Waals surface area contributed by atoms with Crippen LogP contribution >= 0.6 is 0 Å². The van der Waals surface area contributed by atoms with E-state index in [1.807, 2.05) is 4.90 Å². The maximum atomic E-state index is 10.9. The molecule has 8 nitrogen and oxygen atoms in total. The lowest BCUT2D eigenvalue weighted by atomic mass is 10.2. The van der Waals surface area contributed by atoms with E-state index in [4.69, 9.17) is 5.11 Å². The van der Waals surface area contributed by atoms with Gasteiger partial charge in [-0.3, -0.25) is 10.1 Å². The molecule has 1 unspecified atom stereocenters. The number of carboxylic acid groups (broad SMARTS) is 1. The molecule has 8 heteroatoms. The van der Waals surface area contributed by atoms with E-state index in [9.17, 15) is 14.9 Å². The summed E-state index contributed by atoms with van der Waals surface area (Å²) < 4.78 is 0. The van der Waals surface area contributed by atoms with Crippen molar-refractivity contribution in [2.75, 3.05) is 25.0 Å². The van der Waals surface area contributed by atoms with Crippen LogP contribution in [0.3, 0.4) is 0 Å². The van der Waals surface area contributed by atoms with Gasteiger partial charge in [-0.1, -0.05) is 0 Å². The Bertz CT molecular complexity index is 490. The Morgan fingerprint density at radius 2 is 2.37 bits per heavy atom. The molecule has 1 N–H and O–H groups in total. The summed E-state index contributed by atoms with van der Waals surface area (Å²) in [5, 5.41) is 19.4. The van der Waals surface area contributed by atoms with Crippen LogP contribution in [0, 0.1) is 10.1 Å². The fourth-order valence-electron chi connectivity index (χ4n) is 2.10. The number of nitro groups is 1. The molecular weight excluding hydrogens is 252 g/mol. The quantitative estimate of drug-likeness (QED) is 0.651. The molecule has 1 aliphatic heterocycles. The highest BCUT2D eigenvalue weighted by atomic mass is 16.6. The number of pyridine rings is 1. The summed E-state index contributed by atoms with van der Waals surface area (Å²) in [5.74, 6) is 0.631. The molecule has 2 rings (SSSR count). The first-order chi connectivity index (χ1) is 8.99. The Balaban J connectivity index is 2.04. The third kappa shape index (κ3) is 2.72. The lowest BCUT2D eigenvalue weighted by Crippen LogP contribution is -2.38. The van der Waals surface area contributed by atoms with Crippen molar-refractivity contribution in [3.05, 3.63) is 28.4 Å². The van der Waals surface area contributed by atoms with Gasteiger partial charge in [0.25, 0.3) is 5.69 Å². The van der Waals surface area contributed by atoms with Gasteiger partial charge in [-0.25, -0.2) is 9.78 Å². The monoisotopic (exact) mass is 266 g/mol. The zero-order chi connectivity index (χ0) is 14.0. The van der Waals surface area contributed by atoms with Gasteiger partial charge in [0.15, 0.2) is 0 Å². The summed E-state index contributed by atoms with van der Waals surface area (Å²) >= 11 is 0. The molecule has 0 aliphatic carbocycles. The zero-order valence-electron chi connectivity index (χ0n) is 10.4. The van der Waals surface area contributed by atoms with Crippen molar-refractivity contribution in [1.29, 1.82) is 0 Å². The fraction of sp³-hybridized carbons (Fsp3) is 0.455. The van der Waals surface area contributed by atoms with Crippen LogP contribution in [-0.4, -0.2) is 52.2 Å². The highest BCUT2D eigenvalue weighted by Gasteiger charge is 2.29. The number of carbonyl (C=O) groups is 1. The molecule has 1 aromatic heterocycles. The number of amides is 1. The van der Waals surface area contributed by atoms with Crippen molar-refractivity contribution >= 4 is 17.6 Å². The molecule has 1 aromatic rings. The molecule has 0 radical (unpaired) electrons. The average molecular weight is 266 g/mol. The Hall–Kier alpha value is -2.38. The maximum absolute atomic E-state index is 10.9. The second-order valence-electron chi connectivity index (χ2n) is 4.41. The standard InChI is InChI=1S/C11H14N4O4/c1-13(11(16)17)9-4-5-14(7-9)10-3-2-8(6-12-10)15(18)19/h2-3,6,9H,4-5,7H2,1H3,(H,16,17). The smallest absolute Gasteiger partial charge is 0.407 e. The predicted octanol–water partition coefficient (Wildman–Crippen LogP) is 1.18. The predicted molar refractivity (Wildman–Crippen MR) is 67.3 cm³/mol. The van der Waals surface area contributed by atoms with Gasteiger partial charge in [-0.05, 0) is 12.5 Å². The van der Waals surface area contributed by atoms with Crippen LogP contribution in [0.15, 0.2) is 18.3 Å². The minimum atomic E-state index is -0.955. The van der Waals surface area contributed by atoms with Crippen LogP contribution in [0.4, 0.5) is 16.3 Å². The Morgan fingerprint density at radius 3 is 2.89 bits per heavy atom. The van der Waals surface area contributed by atoms with Crippen molar-refractivity contribution < 1.29 is 14.8 Å². The Morgan fingerprint density at radius 1 is 1.63 bits per heavy atom. The normalized spacial score (nSPS) is 18.4. The molecule has 1 atom stereocenters. The van der Waals surface area contributed by atoms with Crippen LogP contribution in [0.2, 0.25) is 0 Å². The fourth-order valence-corrected chi connectivity index (χ4v) is 2.10. The minimum Gasteiger partial charge on any atom is -0.465 e. The number of aromatic nitrogens is 1. The van der Waals surface area contributed by atoms with Crippen molar-refractivity contribution in [2.45, 2.75) is 12.5 Å². The van der Waals surface area contributed by atoms with Crippen LogP contribution in [-0.2, 0) is 0 Å². The molecule has 1 saturated heterocycles. The van der Waals surface area contributed by atoms with E-state index >= 15 is 0 Å². The molecule has 0 bridgehead atoms. The van der Waals surface area contributed by atoms with Gasteiger partial charge >= 0.3 is 6.09 Å². The molecule has 2 heterocycles. The van der Waals surface area contributed by atoms with E-state index in [-0.39, 0.29) is 11.7 Å². The Kier molecular flexibility index (Phi) is 3.50. The highest BCUT2D eigenvalue weighted by molar-refractivity contribution is 5.65. The van der Waals surface area contributed by atoms with E-state index in [0.717, 1.165) is 6.42 Å². The summed E-state index contributed by atoms with van der Waals surface area (Å²) in [6, 6.07) is 2.91. The Labute approximate surface area is 109 Å². The van der Waals surface area contributed by atoms with Gasteiger partial charge in [0, 0.05) is 26.2 Å². The number of hydrogen-bond donors (Lipinski definition) is 1. The summed E-state index contributed by atoms with van der Waals surface area (Å²) in [6.45, 7) is 1.24. The van der Waals surface area contributed by atoms with E-state index in [1.165, 1.54) is 17.2 Å². The average Bonchev–Trinajstić information content (AvgIpc) is 2.87. The van der Waals surface area contributed by atoms with Gasteiger partial charge in [-0.2, -0.15) is 0 Å². The summed E-state index contributed by atoms with van der Waals surface area (Å²) in [6.07, 6.45) is 0.980. The number of likely N-dealkylation sites (N-methyl/N-ethyl adjacent to an activating group) is 1. The van der Waals surface area contributed by atoms with Crippen LogP contribution < -0.4 is 4.90 Å². The lowest BCUT2D eigenvalue weighted by Gasteiger charge is -2.22. The van der Waals surface area contributed by atoms with Crippen LogP contribution in [0.1, 0.15) is 6.42 Å². The molecule has 0 aromatic carbocycles. The van der Waals surface area contributed by atoms with E-state index in [1.54, 1.807) is 13.1 Å². The van der Waals surface area contributed by atoms with Crippen molar-refractivity contribution in [3.8, 4) is 0 Å². The highest BCUT2D eigenvalue weighted by Crippen LogP contribution is 2.22. The minimum absolute atomic E-state index is 0.0536. The zero-order valence-corrected chi connectivity index (χ0v) is 10.4. The second kappa shape index (κ2) is 5.09. The number of anilines is 1. The summed E-state index contributed by atoms with van der Waals surface area (Å²) in [7, 11) is 1.54. The summed E-state index contributed by atoms with van der Waals surface area (Å²) in [5.41, 5.74) is -0.0536. The first kappa shape index (κ1) is 13.1. The van der Waals surface area contributed by atoms with Crippen molar-refractivity contribution in [3.63, 3.8) is 0 Å². The first-order valence-corrected chi connectivity index (χ1v) is 5.80. The number of nitrogens with zero attached hydrogens (tertiary/aromatic N) is 4. The third-order valence-corrected chi connectivity index (χ3v) is 3.28. The van der Waals surface area contributed by atoms with Crippen molar-refractivity contribution in [2.24, 2.45) is 0 Å². The number of rotatable bonds is 3. The van der Waals surface area contributed by atoms with E-state index in [2.05, 4.69) is 4.98 Å².